The van der Waals surface area contributed by atoms with E-state index in [-0.39, 0.29) is 6.07 Å². The summed E-state index contributed by atoms with van der Waals surface area (Å²) in [6.45, 7) is 8.48. The van der Waals surface area contributed by atoms with Crippen molar-refractivity contribution in [3.63, 3.8) is 0 Å². The van der Waals surface area contributed by atoms with E-state index in [0.717, 1.165) is 29.8 Å². The van der Waals surface area contributed by atoms with Gasteiger partial charge in [0.05, 0.1) is 0 Å². The summed E-state index contributed by atoms with van der Waals surface area (Å²) in [5.74, 6) is 0.310. The van der Waals surface area contributed by atoms with Crippen molar-refractivity contribution in [3.05, 3.63) is 41.1 Å². The SMILES string of the molecule is CCCC(C)/C1=C/C=N[C@]2(C)[Tl][C]2(C)c2cc(C(F)(F)F)ccc2N1. The topological polar surface area (TPSA) is 24.4 Å². The predicted molar refractivity (Wildman–Crippen MR) is 97.2 cm³/mol. The summed E-state index contributed by atoms with van der Waals surface area (Å²) in [5.41, 5.74) is 2.07. The van der Waals surface area contributed by atoms with Gasteiger partial charge in [0.2, 0.25) is 0 Å². The maximum absolute atomic E-state index is 13.2. The molecule has 0 radical (unpaired) electrons. The third kappa shape index (κ3) is 3.40. The van der Waals surface area contributed by atoms with Crippen molar-refractivity contribution in [1.29, 1.82) is 0 Å². The molecule has 1 aromatic carbocycles. The molecule has 0 amide bonds. The molecule has 0 spiro atoms. The van der Waals surface area contributed by atoms with Crippen LogP contribution in [-0.4, -0.2) is 33.5 Å². The third-order valence-corrected chi connectivity index (χ3v) is 15.1. The first-order valence-electron chi connectivity index (χ1n) is 8.72. The van der Waals surface area contributed by atoms with Gasteiger partial charge < -0.3 is 0 Å². The Morgan fingerprint density at radius 3 is 2.64 bits per heavy atom. The number of benzene rings is 1. The Morgan fingerprint density at radius 2 is 2.00 bits per heavy atom. The average Bonchev–Trinajstić information content (AvgIpc) is 3.07. The van der Waals surface area contributed by atoms with Crippen molar-refractivity contribution in [2.24, 2.45) is 10.9 Å². The first-order valence-corrected chi connectivity index (χ1v) is 13.2. The van der Waals surface area contributed by atoms with Gasteiger partial charge in [-0.25, -0.2) is 0 Å². The molecule has 6 heteroatoms. The first-order chi connectivity index (χ1) is 11.6. The molecule has 0 aromatic heterocycles. The van der Waals surface area contributed by atoms with Gasteiger partial charge >= 0.3 is 159 Å². The van der Waals surface area contributed by atoms with Crippen LogP contribution in [0.3, 0.4) is 0 Å². The van der Waals surface area contributed by atoms with Gasteiger partial charge in [-0.3, -0.25) is 0 Å². The Morgan fingerprint density at radius 1 is 1.28 bits per heavy atom. The number of fused-ring (bicyclic) bond motifs is 3. The fraction of sp³-hybridized carbons (Fsp3) is 0.526. The quantitative estimate of drug-likeness (QED) is 0.526. The number of rotatable bonds is 3. The summed E-state index contributed by atoms with van der Waals surface area (Å²) in [5, 5.41) is 3.44. The van der Waals surface area contributed by atoms with Crippen molar-refractivity contribution >= 4 is 36.1 Å². The number of hydrogen-bond donors (Lipinski definition) is 1. The van der Waals surface area contributed by atoms with Crippen molar-refractivity contribution < 1.29 is 13.2 Å². The van der Waals surface area contributed by atoms with Gasteiger partial charge in [-0.2, -0.15) is 0 Å². The van der Waals surface area contributed by atoms with Crippen LogP contribution in [0.5, 0.6) is 0 Å². The van der Waals surface area contributed by atoms with Gasteiger partial charge in [0.1, 0.15) is 0 Å². The number of halogens is 3. The molecule has 0 saturated carbocycles. The van der Waals surface area contributed by atoms with Gasteiger partial charge in [0.15, 0.2) is 0 Å². The molecular weight excluding hydrogens is 518 g/mol. The van der Waals surface area contributed by atoms with Crippen LogP contribution in [0, 0.1) is 5.92 Å². The van der Waals surface area contributed by atoms with E-state index in [9.17, 15) is 13.2 Å². The van der Waals surface area contributed by atoms with Crippen molar-refractivity contribution in [3.8, 4) is 0 Å². The van der Waals surface area contributed by atoms with Crippen LogP contribution >= 0.6 is 0 Å². The Hall–Kier alpha value is -0.858. The molecule has 0 bridgehead atoms. The summed E-state index contributed by atoms with van der Waals surface area (Å²) < 4.78 is 39.4. The molecule has 2 aliphatic rings. The second kappa shape index (κ2) is 6.39. The minimum atomic E-state index is -4.32. The van der Waals surface area contributed by atoms with E-state index in [1.54, 1.807) is 6.07 Å². The standard InChI is InChI=1S/C19H23F3N2.Tl/c1-5-6-12(2)17-9-10-23-14(4)13(3)16-11-15(19(20,21)22)7-8-18(16)24-17;/h7-12,24H,5-6H2,1-4H3;/b17-9-,23-10?;. The molecule has 3 rings (SSSR count). The molecule has 1 N–H and O–H groups in total. The van der Waals surface area contributed by atoms with E-state index in [4.69, 9.17) is 4.99 Å². The van der Waals surface area contributed by atoms with Crippen LogP contribution in [0.25, 0.3) is 0 Å². The Bertz CT molecular complexity index is 741. The van der Waals surface area contributed by atoms with Crippen LogP contribution in [-0.2, 0) is 9.15 Å². The summed E-state index contributed by atoms with van der Waals surface area (Å²) in [6.07, 6.45) is 1.64. The zero-order chi connectivity index (χ0) is 18.5. The molecular formula is C19H23F3N2Tl. The number of aliphatic imine (C=N–C) groups is 1. The van der Waals surface area contributed by atoms with E-state index >= 15 is 0 Å². The fourth-order valence-corrected chi connectivity index (χ4v) is 10.8. The van der Waals surface area contributed by atoms with E-state index in [1.807, 2.05) is 12.3 Å². The molecule has 0 aliphatic carbocycles. The monoisotopic (exact) mass is 541 g/mol. The van der Waals surface area contributed by atoms with E-state index in [2.05, 4.69) is 33.0 Å². The van der Waals surface area contributed by atoms with Crippen molar-refractivity contribution in [2.45, 2.75) is 52.8 Å². The Labute approximate surface area is 159 Å². The van der Waals surface area contributed by atoms with Gasteiger partial charge in [0.25, 0.3) is 0 Å². The minimum absolute atomic E-state index is 0.145. The molecule has 2 heterocycles. The number of anilines is 1. The molecule has 2 unspecified atom stereocenters. The third-order valence-electron chi connectivity index (χ3n) is 5.57. The van der Waals surface area contributed by atoms with Crippen molar-refractivity contribution in [1.82, 2.24) is 0 Å². The average molecular weight is 541 g/mol. The summed E-state index contributed by atoms with van der Waals surface area (Å²) in [6, 6.07) is 4.14. The predicted octanol–water partition coefficient (Wildman–Crippen LogP) is 5.17. The van der Waals surface area contributed by atoms with Gasteiger partial charge in [-0.15, -0.1) is 0 Å². The molecule has 25 heavy (non-hydrogen) atoms. The fourth-order valence-electron chi connectivity index (χ4n) is 3.65. The molecule has 2 nitrogen and oxygen atoms in total. The van der Waals surface area contributed by atoms with Gasteiger partial charge in [-0.05, 0) is 0 Å². The molecule has 3 atom stereocenters. The normalized spacial score (nSPS) is 30.8. The number of alkyl halides is 3. The van der Waals surface area contributed by atoms with E-state index in [0.29, 0.717) is 5.92 Å². The molecule has 1 fully saturated rings. The summed E-state index contributed by atoms with van der Waals surface area (Å²) >= 11 is -1.34. The zero-order valence-electron chi connectivity index (χ0n) is 15.0. The second-order valence-corrected chi connectivity index (χ2v) is 17.4. The van der Waals surface area contributed by atoms with E-state index in [1.165, 1.54) is 12.1 Å². The second-order valence-electron chi connectivity index (χ2n) is 7.47. The number of hydrogen-bond acceptors (Lipinski definition) is 2. The van der Waals surface area contributed by atoms with Crippen LogP contribution < -0.4 is 5.32 Å². The molecule has 2 aliphatic heterocycles. The molecule has 1 saturated heterocycles. The van der Waals surface area contributed by atoms with Gasteiger partial charge in [0, 0.05) is 0 Å². The Kier molecular flexibility index (Phi) is 4.83. The van der Waals surface area contributed by atoms with Gasteiger partial charge in [-0.1, -0.05) is 0 Å². The summed E-state index contributed by atoms with van der Waals surface area (Å²) in [7, 11) is 0. The molecule has 133 valence electrons. The number of allylic oxidation sites excluding steroid dienone is 2. The van der Waals surface area contributed by atoms with E-state index < -0.39 is 36.0 Å². The Balaban J connectivity index is 2.10. The zero-order valence-corrected chi connectivity index (χ0v) is 19.5. The van der Waals surface area contributed by atoms with Crippen molar-refractivity contribution in [2.75, 3.05) is 5.32 Å². The van der Waals surface area contributed by atoms with Crippen LogP contribution in [0.4, 0.5) is 18.9 Å². The number of nitrogens with zero attached hydrogens (tertiary/aromatic N) is 1. The summed E-state index contributed by atoms with van der Waals surface area (Å²) in [4.78, 5) is 4.77. The first kappa shape index (κ1) is 18.9. The van der Waals surface area contributed by atoms with Crippen LogP contribution in [0.2, 0.25) is 0 Å². The number of nitrogens with one attached hydrogen (secondary N) is 1. The molecule has 1 aromatic rings. The maximum atomic E-state index is 13.2. The van der Waals surface area contributed by atoms with Crippen LogP contribution in [0.15, 0.2) is 35.0 Å². The van der Waals surface area contributed by atoms with Crippen LogP contribution in [0.1, 0.15) is 51.7 Å².